The van der Waals surface area contributed by atoms with Gasteiger partial charge in [-0.3, -0.25) is 9.59 Å². The molecule has 1 aromatic heterocycles. The molecule has 2 amide bonds. The molecule has 1 heterocycles. The molecule has 0 bridgehead atoms. The molecule has 1 saturated carbocycles. The van der Waals surface area contributed by atoms with E-state index < -0.39 is 5.54 Å². The molecule has 2 aromatic rings. The summed E-state index contributed by atoms with van der Waals surface area (Å²) in [6.07, 6.45) is 7.46. The van der Waals surface area contributed by atoms with Gasteiger partial charge in [0, 0.05) is 38.5 Å². The second-order valence-corrected chi connectivity index (χ2v) is 8.19. The van der Waals surface area contributed by atoms with E-state index in [1.165, 1.54) is 6.92 Å². The van der Waals surface area contributed by atoms with Crippen LogP contribution in [0.5, 0.6) is 0 Å². The fourth-order valence-electron chi connectivity index (χ4n) is 4.04. The standard InChI is InChI=1S/C23H33N5O3/c1-18(29)27-23(14-7-2-3-8-15-23)22-26-21(31-28-22)13-12-20(30)25-17-9-16-24-19-10-5-4-6-11-19/h4-6,10-11,24H,2-3,7-9,12-17H2,1H3,(H,25,30)(H,27,29). The van der Waals surface area contributed by atoms with Crippen molar-refractivity contribution in [2.45, 2.75) is 70.3 Å². The summed E-state index contributed by atoms with van der Waals surface area (Å²) in [5.74, 6) is 0.844. The number of para-hydroxylation sites is 1. The lowest BCUT2D eigenvalue weighted by Gasteiger charge is -2.30. The number of hydrogen-bond acceptors (Lipinski definition) is 6. The number of rotatable bonds is 10. The van der Waals surface area contributed by atoms with Crippen LogP contribution < -0.4 is 16.0 Å². The van der Waals surface area contributed by atoms with Gasteiger partial charge in [-0.1, -0.05) is 49.0 Å². The maximum absolute atomic E-state index is 12.1. The van der Waals surface area contributed by atoms with Gasteiger partial charge in [-0.2, -0.15) is 4.98 Å². The van der Waals surface area contributed by atoms with Crippen LogP contribution in [0.15, 0.2) is 34.9 Å². The highest BCUT2D eigenvalue weighted by Crippen LogP contribution is 2.34. The summed E-state index contributed by atoms with van der Waals surface area (Å²) in [7, 11) is 0. The zero-order valence-electron chi connectivity index (χ0n) is 18.3. The highest BCUT2D eigenvalue weighted by Gasteiger charge is 2.38. The maximum Gasteiger partial charge on any atom is 0.227 e. The van der Waals surface area contributed by atoms with Crippen molar-refractivity contribution in [3.63, 3.8) is 0 Å². The third kappa shape index (κ3) is 7.08. The van der Waals surface area contributed by atoms with Crippen LogP contribution in [0.1, 0.15) is 70.0 Å². The predicted molar refractivity (Wildman–Crippen MR) is 118 cm³/mol. The number of nitrogens with one attached hydrogen (secondary N) is 3. The molecule has 1 fully saturated rings. The second-order valence-electron chi connectivity index (χ2n) is 8.19. The summed E-state index contributed by atoms with van der Waals surface area (Å²) in [6, 6.07) is 9.99. The molecule has 0 unspecified atom stereocenters. The molecule has 8 nitrogen and oxygen atoms in total. The Morgan fingerprint density at radius 1 is 1.06 bits per heavy atom. The number of nitrogens with zero attached hydrogens (tertiary/aromatic N) is 2. The largest absolute Gasteiger partial charge is 0.385 e. The van der Waals surface area contributed by atoms with Gasteiger partial charge in [0.25, 0.3) is 0 Å². The summed E-state index contributed by atoms with van der Waals surface area (Å²) < 4.78 is 5.41. The number of aromatic nitrogens is 2. The number of carbonyl (C=O) groups excluding carboxylic acids is 2. The molecule has 0 saturated heterocycles. The Labute approximate surface area is 183 Å². The first-order chi connectivity index (χ1) is 15.1. The van der Waals surface area contributed by atoms with E-state index in [-0.39, 0.29) is 11.8 Å². The molecule has 0 aliphatic heterocycles. The smallest absolute Gasteiger partial charge is 0.227 e. The van der Waals surface area contributed by atoms with Crippen molar-refractivity contribution in [3.05, 3.63) is 42.0 Å². The van der Waals surface area contributed by atoms with Crippen molar-refractivity contribution >= 4 is 17.5 Å². The van der Waals surface area contributed by atoms with Gasteiger partial charge in [0.1, 0.15) is 5.54 Å². The molecular formula is C23H33N5O3. The number of anilines is 1. The van der Waals surface area contributed by atoms with Gasteiger partial charge < -0.3 is 20.5 Å². The Hall–Kier alpha value is -2.90. The molecule has 0 radical (unpaired) electrons. The van der Waals surface area contributed by atoms with Crippen molar-refractivity contribution in [1.82, 2.24) is 20.8 Å². The van der Waals surface area contributed by atoms with Gasteiger partial charge in [0.15, 0.2) is 5.82 Å². The molecule has 3 rings (SSSR count). The van der Waals surface area contributed by atoms with Gasteiger partial charge in [0.05, 0.1) is 0 Å². The van der Waals surface area contributed by atoms with Crippen molar-refractivity contribution < 1.29 is 14.1 Å². The quantitative estimate of drug-likeness (QED) is 0.396. The molecule has 1 aromatic carbocycles. The summed E-state index contributed by atoms with van der Waals surface area (Å²) in [5.41, 5.74) is 0.518. The summed E-state index contributed by atoms with van der Waals surface area (Å²) >= 11 is 0. The highest BCUT2D eigenvalue weighted by atomic mass is 16.5. The fraction of sp³-hybridized carbons (Fsp3) is 0.565. The molecule has 8 heteroatoms. The van der Waals surface area contributed by atoms with Crippen molar-refractivity contribution in [2.24, 2.45) is 0 Å². The molecule has 1 aliphatic carbocycles. The number of carbonyl (C=O) groups is 2. The van der Waals surface area contributed by atoms with Gasteiger partial charge >= 0.3 is 0 Å². The first kappa shape index (κ1) is 22.8. The number of benzene rings is 1. The second kappa shape index (κ2) is 11.5. The fourth-order valence-corrected chi connectivity index (χ4v) is 4.04. The summed E-state index contributed by atoms with van der Waals surface area (Å²) in [5, 5.41) is 13.5. The van der Waals surface area contributed by atoms with Crippen LogP contribution in [0, 0.1) is 0 Å². The van der Waals surface area contributed by atoms with Crippen LogP contribution in [0.3, 0.4) is 0 Å². The SMILES string of the molecule is CC(=O)NC1(c2noc(CCC(=O)NCCCNc3ccccc3)n2)CCCCCC1. The normalized spacial score (nSPS) is 15.6. The van der Waals surface area contributed by atoms with Crippen LogP contribution in [0.4, 0.5) is 5.69 Å². The van der Waals surface area contributed by atoms with Crippen LogP contribution in [-0.2, 0) is 21.5 Å². The number of amides is 2. The Morgan fingerprint density at radius 3 is 2.52 bits per heavy atom. The van der Waals surface area contributed by atoms with Gasteiger partial charge in [0.2, 0.25) is 17.7 Å². The van der Waals surface area contributed by atoms with E-state index in [4.69, 9.17) is 4.52 Å². The molecule has 1 aliphatic rings. The average Bonchev–Trinajstić information content (AvgIpc) is 3.12. The molecule has 168 valence electrons. The van der Waals surface area contributed by atoms with Gasteiger partial charge in [-0.05, 0) is 31.4 Å². The van der Waals surface area contributed by atoms with E-state index >= 15 is 0 Å². The Kier molecular flexibility index (Phi) is 8.44. The van der Waals surface area contributed by atoms with E-state index in [2.05, 4.69) is 26.1 Å². The lowest BCUT2D eigenvalue weighted by molar-refractivity contribution is -0.122. The maximum atomic E-state index is 12.1. The molecule has 0 spiro atoms. The zero-order valence-corrected chi connectivity index (χ0v) is 18.3. The molecule has 0 atom stereocenters. The van der Waals surface area contributed by atoms with E-state index in [0.717, 1.165) is 57.2 Å². The lowest BCUT2D eigenvalue weighted by Crippen LogP contribution is -2.45. The minimum Gasteiger partial charge on any atom is -0.385 e. The van der Waals surface area contributed by atoms with Crippen molar-refractivity contribution in [3.8, 4) is 0 Å². The minimum absolute atomic E-state index is 0.0366. The van der Waals surface area contributed by atoms with Crippen LogP contribution in [0.2, 0.25) is 0 Å². The van der Waals surface area contributed by atoms with Crippen molar-refractivity contribution in [2.75, 3.05) is 18.4 Å². The highest BCUT2D eigenvalue weighted by molar-refractivity contribution is 5.76. The van der Waals surface area contributed by atoms with Crippen molar-refractivity contribution in [1.29, 1.82) is 0 Å². The first-order valence-corrected chi connectivity index (χ1v) is 11.2. The molecule has 3 N–H and O–H groups in total. The van der Waals surface area contributed by atoms with Gasteiger partial charge in [-0.25, -0.2) is 0 Å². The van der Waals surface area contributed by atoms with Crippen LogP contribution >= 0.6 is 0 Å². The van der Waals surface area contributed by atoms with E-state index in [1.54, 1.807) is 0 Å². The van der Waals surface area contributed by atoms with Gasteiger partial charge in [-0.15, -0.1) is 0 Å². The number of aryl methyl sites for hydroxylation is 1. The Bertz CT molecular complexity index is 829. The summed E-state index contributed by atoms with van der Waals surface area (Å²) in [6.45, 7) is 2.93. The molecule has 31 heavy (non-hydrogen) atoms. The Balaban J connectivity index is 1.42. The average molecular weight is 428 g/mol. The van der Waals surface area contributed by atoms with E-state index in [0.29, 0.717) is 31.1 Å². The monoisotopic (exact) mass is 427 g/mol. The lowest BCUT2D eigenvalue weighted by atomic mass is 9.89. The topological polar surface area (TPSA) is 109 Å². The van der Waals surface area contributed by atoms with Crippen LogP contribution in [0.25, 0.3) is 0 Å². The van der Waals surface area contributed by atoms with E-state index in [9.17, 15) is 9.59 Å². The Morgan fingerprint density at radius 2 is 1.81 bits per heavy atom. The zero-order chi connectivity index (χ0) is 21.9. The third-order valence-electron chi connectivity index (χ3n) is 5.61. The predicted octanol–water partition coefficient (Wildman–Crippen LogP) is 3.31. The summed E-state index contributed by atoms with van der Waals surface area (Å²) in [4.78, 5) is 28.5. The first-order valence-electron chi connectivity index (χ1n) is 11.2. The number of hydrogen-bond donors (Lipinski definition) is 3. The third-order valence-corrected chi connectivity index (χ3v) is 5.61. The minimum atomic E-state index is -0.557. The van der Waals surface area contributed by atoms with Crippen LogP contribution in [-0.4, -0.2) is 35.0 Å². The molecular weight excluding hydrogens is 394 g/mol. The van der Waals surface area contributed by atoms with E-state index in [1.807, 2.05) is 30.3 Å².